The number of hydrogen-bond donors (Lipinski definition) is 2. The van der Waals surface area contributed by atoms with Gasteiger partial charge in [0.05, 0.1) is 24.0 Å². The number of aromatic nitrogens is 4. The number of rotatable bonds is 9. The summed E-state index contributed by atoms with van der Waals surface area (Å²) >= 11 is 2.87. The molecular formula is C21H30N6O3S2. The molecule has 0 aromatic carbocycles. The van der Waals surface area contributed by atoms with Gasteiger partial charge in [0.2, 0.25) is 11.1 Å². The molecule has 2 aliphatic carbocycles. The van der Waals surface area contributed by atoms with Crippen LogP contribution in [0.25, 0.3) is 0 Å². The number of fused-ring (bicyclic) bond motifs is 1. The highest BCUT2D eigenvalue weighted by Crippen LogP contribution is 2.38. The predicted octanol–water partition coefficient (Wildman–Crippen LogP) is 3.23. The molecule has 32 heavy (non-hydrogen) atoms. The molecule has 9 nitrogen and oxygen atoms in total. The number of thioether (sulfide) groups is 1. The molecule has 2 N–H and O–H groups in total. The van der Waals surface area contributed by atoms with Gasteiger partial charge in [-0.3, -0.25) is 9.59 Å². The molecule has 0 unspecified atom stereocenters. The summed E-state index contributed by atoms with van der Waals surface area (Å²) in [6.45, 7) is 0.888. The summed E-state index contributed by atoms with van der Waals surface area (Å²) in [5.74, 6) is -0.108. The van der Waals surface area contributed by atoms with E-state index in [1.807, 2.05) is 4.68 Å². The second-order valence-corrected chi connectivity index (χ2v) is 10.2. The van der Waals surface area contributed by atoms with Crippen LogP contribution in [-0.4, -0.2) is 58.0 Å². The van der Waals surface area contributed by atoms with Crippen molar-refractivity contribution in [2.45, 2.75) is 69.0 Å². The van der Waals surface area contributed by atoms with Gasteiger partial charge in [-0.2, -0.15) is 0 Å². The number of nitrogens with zero attached hydrogens (tertiary/aromatic N) is 4. The van der Waals surface area contributed by atoms with Crippen molar-refractivity contribution in [1.82, 2.24) is 25.5 Å². The largest absolute Gasteiger partial charge is 0.383 e. The molecule has 0 bridgehead atoms. The topological polar surface area (TPSA) is 111 Å². The van der Waals surface area contributed by atoms with E-state index in [2.05, 4.69) is 26.2 Å². The second kappa shape index (κ2) is 11.2. The minimum absolute atomic E-state index is 0.148. The Balaban J connectivity index is 1.41. The van der Waals surface area contributed by atoms with Crippen molar-refractivity contribution in [3.05, 3.63) is 16.0 Å². The van der Waals surface area contributed by atoms with Crippen LogP contribution in [0.5, 0.6) is 0 Å². The molecule has 0 aliphatic heterocycles. The number of methoxy groups -OCH3 is 1. The molecule has 0 saturated heterocycles. The Kier molecular flexibility index (Phi) is 8.15. The zero-order valence-corrected chi connectivity index (χ0v) is 20.0. The third-order valence-corrected chi connectivity index (χ3v) is 8.10. The Bertz CT molecular complexity index is 938. The van der Waals surface area contributed by atoms with Crippen LogP contribution in [0.3, 0.4) is 0 Å². The van der Waals surface area contributed by atoms with Gasteiger partial charge in [0, 0.05) is 18.5 Å². The summed E-state index contributed by atoms with van der Waals surface area (Å²) in [4.78, 5) is 26.9. The molecule has 0 radical (unpaired) electrons. The molecule has 174 valence electrons. The van der Waals surface area contributed by atoms with E-state index in [1.54, 1.807) is 7.11 Å². The Morgan fingerprint density at radius 3 is 2.81 bits per heavy atom. The van der Waals surface area contributed by atoms with E-state index in [4.69, 9.17) is 4.74 Å². The lowest BCUT2D eigenvalue weighted by molar-refractivity contribution is -0.113. The van der Waals surface area contributed by atoms with E-state index in [1.165, 1.54) is 47.2 Å². The first-order valence-corrected chi connectivity index (χ1v) is 13.1. The molecule has 2 aliphatic rings. The quantitative estimate of drug-likeness (QED) is 0.420. The lowest BCUT2D eigenvalue weighted by atomic mass is 9.95. The Morgan fingerprint density at radius 2 is 2.00 bits per heavy atom. The van der Waals surface area contributed by atoms with Crippen LogP contribution < -0.4 is 10.6 Å². The van der Waals surface area contributed by atoms with Gasteiger partial charge in [0.1, 0.15) is 5.00 Å². The minimum atomic E-state index is -0.155. The predicted molar refractivity (Wildman–Crippen MR) is 124 cm³/mol. The maximum atomic E-state index is 12.9. The van der Waals surface area contributed by atoms with Crippen molar-refractivity contribution in [2.24, 2.45) is 0 Å². The zero-order valence-electron chi connectivity index (χ0n) is 18.4. The number of thiophene rings is 1. The average molecular weight is 479 g/mol. The molecule has 4 rings (SSSR count). The van der Waals surface area contributed by atoms with Gasteiger partial charge in [-0.15, -0.1) is 16.4 Å². The first-order valence-electron chi connectivity index (χ1n) is 11.3. The number of amides is 2. The monoisotopic (exact) mass is 478 g/mol. The molecule has 2 aromatic heterocycles. The van der Waals surface area contributed by atoms with E-state index in [0.717, 1.165) is 44.1 Å². The number of anilines is 1. The van der Waals surface area contributed by atoms with E-state index in [-0.39, 0.29) is 17.6 Å². The van der Waals surface area contributed by atoms with Gasteiger partial charge < -0.3 is 15.4 Å². The molecule has 11 heteroatoms. The molecule has 2 heterocycles. The fourth-order valence-electron chi connectivity index (χ4n) is 4.38. The van der Waals surface area contributed by atoms with Crippen LogP contribution in [0, 0.1) is 0 Å². The van der Waals surface area contributed by atoms with Gasteiger partial charge in [-0.25, -0.2) is 4.68 Å². The molecule has 2 amide bonds. The molecular weight excluding hydrogens is 448 g/mol. The van der Waals surface area contributed by atoms with E-state index < -0.39 is 0 Å². The summed E-state index contributed by atoms with van der Waals surface area (Å²) in [6.07, 6.45) is 9.80. The first kappa shape index (κ1) is 23.2. The third kappa shape index (κ3) is 5.49. The minimum Gasteiger partial charge on any atom is -0.383 e. The lowest BCUT2D eigenvalue weighted by Crippen LogP contribution is -2.29. The van der Waals surface area contributed by atoms with Gasteiger partial charge in [-0.05, 0) is 54.5 Å². The molecule has 1 saturated carbocycles. The highest BCUT2D eigenvalue weighted by Gasteiger charge is 2.27. The SMILES string of the molecule is COCCNC(=O)c1c(NC(=O)CSc2nnnn2C2CCCCC2)sc2c1CCCC2. The first-order chi connectivity index (χ1) is 15.7. The van der Waals surface area contributed by atoms with Crippen molar-refractivity contribution in [2.75, 3.05) is 31.3 Å². The standard InChI is InChI=1S/C21H30N6O3S2/c1-30-12-11-22-19(29)18-15-9-5-6-10-16(15)32-20(18)23-17(28)13-31-21-24-25-26-27(21)14-7-3-2-4-8-14/h14H,2-13H2,1H3,(H,22,29)(H,23,28). The maximum Gasteiger partial charge on any atom is 0.254 e. The van der Waals surface area contributed by atoms with Crippen LogP contribution in [-0.2, 0) is 22.4 Å². The van der Waals surface area contributed by atoms with E-state index in [9.17, 15) is 9.59 Å². The van der Waals surface area contributed by atoms with Crippen molar-refractivity contribution >= 4 is 39.9 Å². The summed E-state index contributed by atoms with van der Waals surface area (Å²) in [5, 5.41) is 19.3. The van der Waals surface area contributed by atoms with Crippen molar-refractivity contribution in [3.8, 4) is 0 Å². The Labute approximate surface area is 196 Å². The Morgan fingerprint density at radius 1 is 1.19 bits per heavy atom. The van der Waals surface area contributed by atoms with Gasteiger partial charge >= 0.3 is 0 Å². The highest BCUT2D eigenvalue weighted by atomic mass is 32.2. The molecule has 0 atom stereocenters. The van der Waals surface area contributed by atoms with E-state index >= 15 is 0 Å². The molecule has 1 fully saturated rings. The van der Waals surface area contributed by atoms with Crippen molar-refractivity contribution in [1.29, 1.82) is 0 Å². The van der Waals surface area contributed by atoms with Crippen molar-refractivity contribution < 1.29 is 14.3 Å². The molecule has 2 aromatic rings. The number of ether oxygens (including phenoxy) is 1. The highest BCUT2D eigenvalue weighted by molar-refractivity contribution is 7.99. The van der Waals surface area contributed by atoms with Crippen LogP contribution in [0.4, 0.5) is 5.00 Å². The number of hydrogen-bond acceptors (Lipinski definition) is 8. The fraction of sp³-hybridized carbons (Fsp3) is 0.667. The van der Waals surface area contributed by atoms with Crippen LogP contribution in [0.2, 0.25) is 0 Å². The number of carbonyl (C=O) groups excluding carboxylic acids is 2. The van der Waals surface area contributed by atoms with Gasteiger partial charge in [0.25, 0.3) is 5.91 Å². The summed E-state index contributed by atoms with van der Waals surface area (Å²) < 4.78 is 6.91. The Hall–Kier alpha value is -1.98. The van der Waals surface area contributed by atoms with Crippen LogP contribution in [0.1, 0.15) is 71.8 Å². The average Bonchev–Trinajstić information content (AvgIpc) is 3.42. The lowest BCUT2D eigenvalue weighted by Gasteiger charge is -2.21. The fourth-order valence-corrected chi connectivity index (χ4v) is 6.42. The maximum absolute atomic E-state index is 12.9. The van der Waals surface area contributed by atoms with Gasteiger partial charge in [0.15, 0.2) is 0 Å². The summed E-state index contributed by atoms with van der Waals surface area (Å²) in [5.41, 5.74) is 1.70. The summed E-state index contributed by atoms with van der Waals surface area (Å²) in [6, 6.07) is 0.315. The number of nitrogens with one attached hydrogen (secondary N) is 2. The van der Waals surface area contributed by atoms with Crippen molar-refractivity contribution in [3.63, 3.8) is 0 Å². The summed E-state index contributed by atoms with van der Waals surface area (Å²) in [7, 11) is 1.60. The molecule has 0 spiro atoms. The number of aryl methyl sites for hydroxylation is 1. The van der Waals surface area contributed by atoms with Crippen LogP contribution in [0.15, 0.2) is 5.16 Å². The van der Waals surface area contributed by atoms with Crippen LogP contribution >= 0.6 is 23.1 Å². The van der Waals surface area contributed by atoms with E-state index in [0.29, 0.717) is 34.9 Å². The number of carbonyl (C=O) groups is 2. The normalized spacial score (nSPS) is 16.5. The van der Waals surface area contributed by atoms with Gasteiger partial charge in [-0.1, -0.05) is 31.0 Å². The zero-order chi connectivity index (χ0) is 22.3. The number of tetrazole rings is 1. The smallest absolute Gasteiger partial charge is 0.254 e. The second-order valence-electron chi connectivity index (χ2n) is 8.20. The third-order valence-electron chi connectivity index (χ3n) is 5.96.